The van der Waals surface area contributed by atoms with E-state index in [1.807, 2.05) is 43.0 Å². The lowest BCUT2D eigenvalue weighted by Gasteiger charge is -2.37. The number of benzene rings is 2. The number of nitrogens with one attached hydrogen (secondary N) is 1. The molecule has 1 N–H and O–H groups in total. The van der Waals surface area contributed by atoms with Gasteiger partial charge in [-0.3, -0.25) is 4.79 Å². The summed E-state index contributed by atoms with van der Waals surface area (Å²) >= 11 is 0. The van der Waals surface area contributed by atoms with Crippen LogP contribution in [0.25, 0.3) is 0 Å². The Morgan fingerprint density at radius 2 is 2.00 bits per heavy atom. The largest absolute Gasteiger partial charge is 0.329 e. The highest BCUT2D eigenvalue weighted by Crippen LogP contribution is 2.26. The van der Waals surface area contributed by atoms with Gasteiger partial charge in [0.15, 0.2) is 0 Å². The summed E-state index contributed by atoms with van der Waals surface area (Å²) in [4.78, 5) is 14.9. The summed E-state index contributed by atoms with van der Waals surface area (Å²) in [5, 5.41) is 3.30. The van der Waals surface area contributed by atoms with Gasteiger partial charge in [0.05, 0.1) is 6.04 Å². The molecule has 3 rings (SSSR count). The Kier molecular flexibility index (Phi) is 4.44. The molecule has 2 aromatic carbocycles. The van der Waals surface area contributed by atoms with Crippen LogP contribution < -0.4 is 5.32 Å². The minimum atomic E-state index is -0.271. The number of rotatable bonds is 2. The van der Waals surface area contributed by atoms with Crippen LogP contribution in [0, 0.1) is 19.7 Å². The summed E-state index contributed by atoms with van der Waals surface area (Å²) in [7, 11) is 0. The lowest BCUT2D eigenvalue weighted by Crippen LogP contribution is -2.48. The number of piperazine rings is 1. The van der Waals surface area contributed by atoms with E-state index in [2.05, 4.69) is 5.32 Å². The number of nitrogens with zero attached hydrogens (tertiary/aromatic N) is 1. The Morgan fingerprint density at radius 3 is 2.78 bits per heavy atom. The SMILES string of the molecule is Cc1cccc(C(=O)N2CCNCC2c2cccc(F)c2)c1C. The maximum absolute atomic E-state index is 13.6. The van der Waals surface area contributed by atoms with E-state index in [9.17, 15) is 9.18 Å². The van der Waals surface area contributed by atoms with Crippen LogP contribution in [0.3, 0.4) is 0 Å². The Balaban J connectivity index is 1.95. The molecule has 1 unspecified atom stereocenters. The van der Waals surface area contributed by atoms with Crippen LogP contribution in [0.1, 0.15) is 33.1 Å². The third-order valence-electron chi connectivity index (χ3n) is 4.57. The molecule has 2 aromatic rings. The minimum absolute atomic E-state index is 0.0157. The van der Waals surface area contributed by atoms with Crippen LogP contribution in [0.4, 0.5) is 4.39 Å². The molecule has 0 saturated carbocycles. The molecule has 0 radical (unpaired) electrons. The highest BCUT2D eigenvalue weighted by Gasteiger charge is 2.29. The maximum atomic E-state index is 13.6. The van der Waals surface area contributed by atoms with E-state index in [1.54, 1.807) is 6.07 Å². The zero-order chi connectivity index (χ0) is 16.4. The number of amides is 1. The Morgan fingerprint density at radius 1 is 1.22 bits per heavy atom. The summed E-state index contributed by atoms with van der Waals surface area (Å²) in [5.41, 5.74) is 3.67. The van der Waals surface area contributed by atoms with Crippen molar-refractivity contribution in [2.45, 2.75) is 19.9 Å². The van der Waals surface area contributed by atoms with Crippen LogP contribution in [-0.4, -0.2) is 30.4 Å². The van der Waals surface area contributed by atoms with Gasteiger partial charge in [0.2, 0.25) is 0 Å². The molecule has 1 atom stereocenters. The van der Waals surface area contributed by atoms with Crippen LogP contribution in [0.5, 0.6) is 0 Å². The van der Waals surface area contributed by atoms with E-state index in [0.29, 0.717) is 13.1 Å². The predicted molar refractivity (Wildman–Crippen MR) is 89.0 cm³/mol. The molecule has 0 bridgehead atoms. The smallest absolute Gasteiger partial charge is 0.254 e. The van der Waals surface area contributed by atoms with Gasteiger partial charge in [0, 0.05) is 25.2 Å². The summed E-state index contributed by atoms with van der Waals surface area (Å²) in [6, 6.07) is 12.2. The fraction of sp³-hybridized carbons (Fsp3) is 0.316. The Labute approximate surface area is 136 Å². The van der Waals surface area contributed by atoms with E-state index in [4.69, 9.17) is 0 Å². The number of hydrogen-bond acceptors (Lipinski definition) is 2. The topological polar surface area (TPSA) is 32.3 Å². The lowest BCUT2D eigenvalue weighted by atomic mass is 9.98. The van der Waals surface area contributed by atoms with E-state index in [0.717, 1.165) is 28.8 Å². The normalized spacial score (nSPS) is 18.0. The van der Waals surface area contributed by atoms with Gasteiger partial charge >= 0.3 is 0 Å². The van der Waals surface area contributed by atoms with Gasteiger partial charge in [0.1, 0.15) is 5.82 Å². The molecule has 0 aromatic heterocycles. The first-order chi connectivity index (χ1) is 11.1. The van der Waals surface area contributed by atoms with E-state index < -0.39 is 0 Å². The molecule has 4 heteroatoms. The maximum Gasteiger partial charge on any atom is 0.254 e. The molecule has 0 aliphatic carbocycles. The molecule has 0 spiro atoms. The quantitative estimate of drug-likeness (QED) is 0.923. The molecule has 23 heavy (non-hydrogen) atoms. The second-order valence-electron chi connectivity index (χ2n) is 6.02. The summed E-state index contributed by atoms with van der Waals surface area (Å²) in [6.07, 6.45) is 0. The Bertz CT molecular complexity index is 729. The molecule has 1 aliphatic rings. The highest BCUT2D eigenvalue weighted by atomic mass is 19.1. The first-order valence-electron chi connectivity index (χ1n) is 7.91. The summed E-state index contributed by atoms with van der Waals surface area (Å²) in [5.74, 6) is -0.255. The first kappa shape index (κ1) is 15.7. The van der Waals surface area contributed by atoms with Crippen molar-refractivity contribution >= 4 is 5.91 Å². The first-order valence-corrected chi connectivity index (χ1v) is 7.91. The molecule has 1 aliphatic heterocycles. The molecule has 3 nitrogen and oxygen atoms in total. The van der Waals surface area contributed by atoms with Crippen molar-refractivity contribution in [2.75, 3.05) is 19.6 Å². The standard InChI is InChI=1S/C19H21FN2O/c1-13-5-3-8-17(14(13)2)19(23)22-10-9-21-12-18(22)15-6-4-7-16(20)11-15/h3-8,11,18,21H,9-10,12H2,1-2H3. The minimum Gasteiger partial charge on any atom is -0.329 e. The van der Waals surface area contributed by atoms with Crippen LogP contribution in [0.15, 0.2) is 42.5 Å². The second kappa shape index (κ2) is 6.50. The molecular weight excluding hydrogens is 291 g/mol. The number of carbonyl (C=O) groups is 1. The predicted octanol–water partition coefficient (Wildman–Crippen LogP) is 3.23. The van der Waals surface area contributed by atoms with Crippen molar-refractivity contribution in [3.63, 3.8) is 0 Å². The number of halogens is 1. The zero-order valence-electron chi connectivity index (χ0n) is 13.5. The van der Waals surface area contributed by atoms with Crippen LogP contribution in [-0.2, 0) is 0 Å². The van der Waals surface area contributed by atoms with Gasteiger partial charge in [0.25, 0.3) is 5.91 Å². The monoisotopic (exact) mass is 312 g/mol. The molecule has 120 valence electrons. The molecule has 1 saturated heterocycles. The average Bonchev–Trinajstić information content (AvgIpc) is 2.57. The van der Waals surface area contributed by atoms with Crippen molar-refractivity contribution in [3.8, 4) is 0 Å². The van der Waals surface area contributed by atoms with Crippen molar-refractivity contribution in [1.29, 1.82) is 0 Å². The van der Waals surface area contributed by atoms with E-state index >= 15 is 0 Å². The van der Waals surface area contributed by atoms with Gasteiger partial charge in [-0.05, 0) is 48.7 Å². The molecular formula is C19H21FN2O. The van der Waals surface area contributed by atoms with Gasteiger partial charge < -0.3 is 10.2 Å². The van der Waals surface area contributed by atoms with Crippen molar-refractivity contribution in [3.05, 3.63) is 70.5 Å². The van der Waals surface area contributed by atoms with Crippen molar-refractivity contribution < 1.29 is 9.18 Å². The zero-order valence-corrected chi connectivity index (χ0v) is 13.5. The van der Waals surface area contributed by atoms with Crippen molar-refractivity contribution in [2.24, 2.45) is 0 Å². The fourth-order valence-corrected chi connectivity index (χ4v) is 3.10. The van der Waals surface area contributed by atoms with E-state index in [-0.39, 0.29) is 17.8 Å². The van der Waals surface area contributed by atoms with Crippen LogP contribution >= 0.6 is 0 Å². The third kappa shape index (κ3) is 3.13. The van der Waals surface area contributed by atoms with Crippen molar-refractivity contribution in [1.82, 2.24) is 10.2 Å². The fourth-order valence-electron chi connectivity index (χ4n) is 3.10. The number of aryl methyl sites for hydroxylation is 1. The summed E-state index contributed by atoms with van der Waals surface area (Å²) in [6.45, 7) is 5.99. The van der Waals surface area contributed by atoms with Gasteiger partial charge in [-0.15, -0.1) is 0 Å². The van der Waals surface area contributed by atoms with Gasteiger partial charge in [-0.1, -0.05) is 24.3 Å². The third-order valence-corrected chi connectivity index (χ3v) is 4.57. The lowest BCUT2D eigenvalue weighted by molar-refractivity contribution is 0.0633. The van der Waals surface area contributed by atoms with Crippen LogP contribution in [0.2, 0.25) is 0 Å². The number of carbonyl (C=O) groups excluding carboxylic acids is 1. The van der Waals surface area contributed by atoms with Gasteiger partial charge in [-0.25, -0.2) is 4.39 Å². The summed E-state index contributed by atoms with van der Waals surface area (Å²) < 4.78 is 13.6. The molecule has 1 fully saturated rings. The average molecular weight is 312 g/mol. The second-order valence-corrected chi connectivity index (χ2v) is 6.02. The highest BCUT2D eigenvalue weighted by molar-refractivity contribution is 5.96. The molecule has 1 heterocycles. The van der Waals surface area contributed by atoms with Gasteiger partial charge in [-0.2, -0.15) is 0 Å². The molecule has 1 amide bonds. The number of hydrogen-bond donors (Lipinski definition) is 1. The Hall–Kier alpha value is -2.20. The van der Waals surface area contributed by atoms with E-state index in [1.165, 1.54) is 12.1 Å².